The third-order valence-electron chi connectivity index (χ3n) is 5.61. The van der Waals surface area contributed by atoms with Crippen molar-refractivity contribution in [2.24, 2.45) is 11.3 Å². The predicted molar refractivity (Wildman–Crippen MR) is 66.8 cm³/mol. The second-order valence-electron chi connectivity index (χ2n) is 6.18. The van der Waals surface area contributed by atoms with Crippen molar-refractivity contribution in [3.8, 4) is 0 Å². The molecule has 0 radical (unpaired) electrons. The molecule has 1 N–H and O–H groups in total. The zero-order valence-electron chi connectivity index (χ0n) is 10.1. The van der Waals surface area contributed by atoms with Gasteiger partial charge in [-0.15, -0.1) is 0 Å². The lowest BCUT2D eigenvalue weighted by atomic mass is 9.42. The van der Waals surface area contributed by atoms with Gasteiger partial charge >= 0.3 is 0 Å². The fourth-order valence-electron chi connectivity index (χ4n) is 4.82. The van der Waals surface area contributed by atoms with Gasteiger partial charge in [0.15, 0.2) is 0 Å². The van der Waals surface area contributed by atoms with E-state index in [2.05, 4.69) is 30.4 Å². The summed E-state index contributed by atoms with van der Waals surface area (Å²) in [6.45, 7) is 2.38. The van der Waals surface area contributed by atoms with Crippen LogP contribution < -0.4 is 5.32 Å². The van der Waals surface area contributed by atoms with Gasteiger partial charge < -0.3 is 5.32 Å². The number of hydrogen-bond donors (Lipinski definition) is 1. The molecule has 1 heterocycles. The number of nitrogens with one attached hydrogen (secondary N) is 1. The van der Waals surface area contributed by atoms with Crippen LogP contribution in [0, 0.1) is 11.3 Å². The highest BCUT2D eigenvalue weighted by Gasteiger charge is 2.69. The van der Waals surface area contributed by atoms with Gasteiger partial charge in [0.2, 0.25) is 5.91 Å². The molecule has 0 unspecified atom stereocenters. The van der Waals surface area contributed by atoms with Gasteiger partial charge in [0.1, 0.15) is 0 Å². The number of para-hydroxylation sites is 1. The smallest absolute Gasteiger partial charge is 0.228 e. The standard InChI is InChI=1S/C15H17NO/c1-14-7-4-8-15(14)10-5-2-3-6-12(10)16-13(17)11(15)9-14/h2-3,5-6,11H,4,7-9H2,1H3,(H,16,17)/t11-,14+,15+/m0/s1. The molecule has 2 nitrogen and oxygen atoms in total. The molecule has 1 aromatic carbocycles. The summed E-state index contributed by atoms with van der Waals surface area (Å²) >= 11 is 0. The van der Waals surface area contributed by atoms with E-state index < -0.39 is 0 Å². The van der Waals surface area contributed by atoms with E-state index in [1.165, 1.54) is 24.8 Å². The summed E-state index contributed by atoms with van der Waals surface area (Å²) < 4.78 is 0. The third kappa shape index (κ3) is 0.885. The minimum Gasteiger partial charge on any atom is -0.326 e. The summed E-state index contributed by atoms with van der Waals surface area (Å²) in [4.78, 5) is 12.2. The Morgan fingerprint density at radius 2 is 2.12 bits per heavy atom. The fraction of sp³-hybridized carbons (Fsp3) is 0.533. The maximum absolute atomic E-state index is 12.2. The van der Waals surface area contributed by atoms with Crippen LogP contribution in [-0.4, -0.2) is 5.91 Å². The maximum Gasteiger partial charge on any atom is 0.228 e. The lowest BCUT2D eigenvalue weighted by molar-refractivity contribution is -0.137. The Morgan fingerprint density at radius 3 is 2.94 bits per heavy atom. The van der Waals surface area contributed by atoms with Crippen LogP contribution in [0.3, 0.4) is 0 Å². The first-order valence-electron chi connectivity index (χ1n) is 6.58. The van der Waals surface area contributed by atoms with E-state index in [1.54, 1.807) is 0 Å². The van der Waals surface area contributed by atoms with Crippen molar-refractivity contribution in [2.75, 3.05) is 5.32 Å². The number of rotatable bonds is 0. The summed E-state index contributed by atoms with van der Waals surface area (Å²) in [6, 6.07) is 8.40. The van der Waals surface area contributed by atoms with Crippen molar-refractivity contribution in [3.05, 3.63) is 29.8 Å². The quantitative estimate of drug-likeness (QED) is 0.725. The summed E-state index contributed by atoms with van der Waals surface area (Å²) in [6.07, 6.45) is 4.82. The molecule has 0 saturated heterocycles. The molecular weight excluding hydrogens is 210 g/mol. The summed E-state index contributed by atoms with van der Waals surface area (Å²) in [7, 11) is 0. The third-order valence-corrected chi connectivity index (χ3v) is 5.61. The molecule has 1 amide bonds. The van der Waals surface area contributed by atoms with Crippen LogP contribution in [0.2, 0.25) is 0 Å². The molecule has 0 aromatic heterocycles. The zero-order valence-corrected chi connectivity index (χ0v) is 10.1. The molecule has 4 rings (SSSR count). The van der Waals surface area contributed by atoms with Crippen LogP contribution in [0.4, 0.5) is 5.69 Å². The Morgan fingerprint density at radius 1 is 1.29 bits per heavy atom. The summed E-state index contributed by atoms with van der Waals surface area (Å²) in [5.41, 5.74) is 2.98. The molecular formula is C15H17NO. The van der Waals surface area contributed by atoms with E-state index in [0.29, 0.717) is 5.41 Å². The van der Waals surface area contributed by atoms with Gasteiger partial charge in [-0.3, -0.25) is 4.79 Å². The number of anilines is 1. The normalized spacial score (nSPS) is 41.9. The average Bonchev–Trinajstić information content (AvgIpc) is 2.54. The van der Waals surface area contributed by atoms with Gasteiger partial charge in [0.05, 0.1) is 0 Å². The first-order chi connectivity index (χ1) is 8.17. The van der Waals surface area contributed by atoms with Crippen LogP contribution in [-0.2, 0) is 10.2 Å². The Bertz CT molecular complexity index is 523. The van der Waals surface area contributed by atoms with Gasteiger partial charge in [0, 0.05) is 17.0 Å². The van der Waals surface area contributed by atoms with Gasteiger partial charge in [-0.25, -0.2) is 0 Å². The first kappa shape index (κ1) is 9.69. The molecule has 17 heavy (non-hydrogen) atoms. The van der Waals surface area contributed by atoms with Crippen LogP contribution in [0.5, 0.6) is 0 Å². The zero-order chi connectivity index (χ0) is 11.7. The second kappa shape index (κ2) is 2.74. The molecule has 2 saturated carbocycles. The van der Waals surface area contributed by atoms with Gasteiger partial charge in [-0.1, -0.05) is 31.5 Å². The lowest BCUT2D eigenvalue weighted by Gasteiger charge is -2.62. The summed E-state index contributed by atoms with van der Waals surface area (Å²) in [5.74, 6) is 0.480. The highest BCUT2D eigenvalue weighted by molar-refractivity contribution is 5.99. The maximum atomic E-state index is 12.2. The number of amides is 1. The largest absolute Gasteiger partial charge is 0.326 e. The Labute approximate surface area is 101 Å². The average molecular weight is 227 g/mol. The first-order valence-corrected chi connectivity index (χ1v) is 6.58. The van der Waals surface area contributed by atoms with E-state index >= 15 is 0 Å². The molecule has 2 aliphatic carbocycles. The minimum absolute atomic E-state index is 0.159. The topological polar surface area (TPSA) is 29.1 Å². The van der Waals surface area contributed by atoms with Crippen molar-refractivity contribution in [1.82, 2.24) is 0 Å². The number of carbonyl (C=O) groups is 1. The van der Waals surface area contributed by atoms with Gasteiger partial charge in [-0.05, 0) is 36.3 Å². The van der Waals surface area contributed by atoms with Crippen molar-refractivity contribution in [2.45, 2.75) is 38.0 Å². The molecule has 1 aliphatic heterocycles. The number of fused-ring (bicyclic) bond motifs is 1. The van der Waals surface area contributed by atoms with Crippen molar-refractivity contribution >= 4 is 11.6 Å². The lowest BCUT2D eigenvalue weighted by Crippen LogP contribution is -2.63. The molecule has 1 aromatic rings. The van der Waals surface area contributed by atoms with Crippen LogP contribution in [0.1, 0.15) is 38.2 Å². The van der Waals surface area contributed by atoms with Crippen LogP contribution in [0.15, 0.2) is 24.3 Å². The second-order valence-corrected chi connectivity index (χ2v) is 6.18. The van der Waals surface area contributed by atoms with Crippen LogP contribution in [0.25, 0.3) is 0 Å². The number of hydrogen-bond acceptors (Lipinski definition) is 1. The predicted octanol–water partition coefficient (Wildman–Crippen LogP) is 3.09. The van der Waals surface area contributed by atoms with Gasteiger partial charge in [-0.2, -0.15) is 0 Å². The van der Waals surface area contributed by atoms with E-state index in [9.17, 15) is 4.79 Å². The molecule has 2 heteroatoms. The Kier molecular flexibility index (Phi) is 1.56. The highest BCUT2D eigenvalue weighted by atomic mass is 16.2. The SMILES string of the molecule is C[C@]12CCC[C@]13c1ccccc1NC(=O)[C@@H]3C2. The van der Waals surface area contributed by atoms with Crippen molar-refractivity contribution < 1.29 is 4.79 Å². The monoisotopic (exact) mass is 227 g/mol. The molecule has 1 spiro atoms. The summed E-state index contributed by atoms with van der Waals surface area (Å²) in [5, 5.41) is 3.08. The van der Waals surface area contributed by atoms with Crippen molar-refractivity contribution in [1.29, 1.82) is 0 Å². The molecule has 3 aliphatic rings. The highest BCUT2D eigenvalue weighted by Crippen LogP contribution is 2.72. The van der Waals surface area contributed by atoms with Crippen molar-refractivity contribution in [3.63, 3.8) is 0 Å². The number of carbonyl (C=O) groups excluding carboxylic acids is 1. The van der Waals surface area contributed by atoms with E-state index in [4.69, 9.17) is 0 Å². The van der Waals surface area contributed by atoms with E-state index in [1.807, 2.05) is 6.07 Å². The molecule has 88 valence electrons. The van der Waals surface area contributed by atoms with E-state index in [0.717, 1.165) is 12.1 Å². The fourth-order valence-corrected chi connectivity index (χ4v) is 4.82. The Balaban J connectivity index is 1.98. The van der Waals surface area contributed by atoms with Gasteiger partial charge in [0.25, 0.3) is 0 Å². The van der Waals surface area contributed by atoms with E-state index in [-0.39, 0.29) is 17.2 Å². The number of benzene rings is 1. The molecule has 2 fully saturated rings. The Hall–Kier alpha value is -1.31. The molecule has 3 atom stereocenters. The molecule has 0 bridgehead atoms. The van der Waals surface area contributed by atoms with Crippen LogP contribution >= 0.6 is 0 Å². The minimum atomic E-state index is 0.159.